The van der Waals surface area contributed by atoms with Gasteiger partial charge in [0.2, 0.25) is 10.0 Å². The van der Waals surface area contributed by atoms with E-state index in [0.717, 1.165) is 19.1 Å². The number of sulfone groups is 1. The fraction of sp³-hybridized carbons (Fsp3) is 0.294. The lowest BCUT2D eigenvalue weighted by molar-refractivity contribution is 0.391. The molecule has 0 bridgehead atoms. The molecule has 0 unspecified atom stereocenters. The van der Waals surface area contributed by atoms with Crippen molar-refractivity contribution in [1.29, 1.82) is 0 Å². The van der Waals surface area contributed by atoms with Crippen LogP contribution in [-0.2, 0) is 26.4 Å². The Morgan fingerprint density at radius 1 is 0.960 bits per heavy atom. The van der Waals surface area contributed by atoms with Gasteiger partial charge in [0.1, 0.15) is 5.82 Å². The molecule has 1 fully saturated rings. The van der Waals surface area contributed by atoms with Crippen molar-refractivity contribution in [3.05, 3.63) is 59.9 Å². The number of hydrogen-bond acceptors (Lipinski definition) is 4. The van der Waals surface area contributed by atoms with Crippen molar-refractivity contribution >= 4 is 19.9 Å². The summed E-state index contributed by atoms with van der Waals surface area (Å²) in [6.45, 7) is -0.0481. The first-order valence-corrected chi connectivity index (χ1v) is 11.1. The number of hydrogen-bond donors (Lipinski definition) is 0. The van der Waals surface area contributed by atoms with Gasteiger partial charge in [-0.1, -0.05) is 18.2 Å². The Kier molecular flexibility index (Phi) is 4.70. The molecule has 2 aromatic rings. The zero-order chi connectivity index (χ0) is 18.2. The smallest absolute Gasteiger partial charge is 0.224 e. The standard InChI is InChI=1S/C17H18FNO4S2/c1-24(20,21)15-8-10-16(11-9-15)25(22,23)19(14-6-7-14)12-13-4-2-3-5-17(13)18/h2-5,8-11,14H,6-7,12H2,1H3. The molecule has 0 aliphatic heterocycles. The van der Waals surface area contributed by atoms with E-state index in [1.165, 1.54) is 34.6 Å². The molecule has 0 radical (unpaired) electrons. The Bertz CT molecular complexity index is 982. The van der Waals surface area contributed by atoms with E-state index in [-0.39, 0.29) is 22.4 Å². The molecule has 0 amide bonds. The van der Waals surface area contributed by atoms with Crippen LogP contribution in [0, 0.1) is 5.82 Å². The van der Waals surface area contributed by atoms with Gasteiger partial charge in [0.05, 0.1) is 9.79 Å². The van der Waals surface area contributed by atoms with Crippen molar-refractivity contribution in [3.8, 4) is 0 Å². The predicted molar refractivity (Wildman–Crippen MR) is 91.7 cm³/mol. The second-order valence-corrected chi connectivity index (χ2v) is 10.0. The maximum Gasteiger partial charge on any atom is 0.243 e. The molecule has 0 heterocycles. The van der Waals surface area contributed by atoms with Gasteiger partial charge < -0.3 is 0 Å². The van der Waals surface area contributed by atoms with Crippen LogP contribution >= 0.6 is 0 Å². The van der Waals surface area contributed by atoms with Gasteiger partial charge in [-0.2, -0.15) is 4.31 Å². The summed E-state index contributed by atoms with van der Waals surface area (Å²) in [5.74, 6) is -0.448. The minimum absolute atomic E-state index is 0.00291. The first kappa shape index (κ1) is 18.0. The van der Waals surface area contributed by atoms with Crippen LogP contribution in [-0.4, -0.2) is 33.4 Å². The summed E-state index contributed by atoms with van der Waals surface area (Å²) >= 11 is 0. The van der Waals surface area contributed by atoms with E-state index in [2.05, 4.69) is 0 Å². The van der Waals surface area contributed by atoms with Crippen molar-refractivity contribution < 1.29 is 21.2 Å². The maximum absolute atomic E-state index is 13.9. The summed E-state index contributed by atoms with van der Waals surface area (Å²) in [4.78, 5) is 0.0571. The minimum atomic E-state index is -3.84. The normalized spacial score (nSPS) is 15.5. The van der Waals surface area contributed by atoms with Crippen LogP contribution in [0.15, 0.2) is 58.3 Å². The molecule has 134 valence electrons. The Morgan fingerprint density at radius 2 is 1.52 bits per heavy atom. The van der Waals surface area contributed by atoms with Gasteiger partial charge in [-0.3, -0.25) is 0 Å². The van der Waals surface area contributed by atoms with E-state index in [1.54, 1.807) is 18.2 Å². The Labute approximate surface area is 147 Å². The molecule has 0 saturated heterocycles. The quantitative estimate of drug-likeness (QED) is 0.769. The first-order chi connectivity index (χ1) is 11.7. The highest BCUT2D eigenvalue weighted by Crippen LogP contribution is 2.34. The van der Waals surface area contributed by atoms with Gasteiger partial charge in [-0.15, -0.1) is 0 Å². The third-order valence-electron chi connectivity index (χ3n) is 4.10. The van der Waals surface area contributed by atoms with Crippen molar-refractivity contribution in [2.75, 3.05) is 6.26 Å². The first-order valence-electron chi connectivity index (χ1n) is 7.75. The average molecular weight is 383 g/mol. The summed E-state index contributed by atoms with van der Waals surface area (Å²) in [5, 5.41) is 0. The summed E-state index contributed by atoms with van der Waals surface area (Å²) in [6.07, 6.45) is 2.52. The average Bonchev–Trinajstić information content (AvgIpc) is 3.38. The third-order valence-corrected chi connectivity index (χ3v) is 7.14. The Hall–Kier alpha value is -1.77. The van der Waals surface area contributed by atoms with Gasteiger partial charge in [0, 0.05) is 24.4 Å². The largest absolute Gasteiger partial charge is 0.243 e. The highest BCUT2D eigenvalue weighted by molar-refractivity contribution is 7.90. The molecule has 8 heteroatoms. The second-order valence-electron chi connectivity index (χ2n) is 6.12. The fourth-order valence-electron chi connectivity index (χ4n) is 2.56. The molecule has 5 nitrogen and oxygen atoms in total. The van der Waals surface area contributed by atoms with Gasteiger partial charge in [0.15, 0.2) is 9.84 Å². The zero-order valence-corrected chi connectivity index (χ0v) is 15.2. The van der Waals surface area contributed by atoms with Crippen LogP contribution < -0.4 is 0 Å². The van der Waals surface area contributed by atoms with Crippen molar-refractivity contribution in [1.82, 2.24) is 4.31 Å². The molecular weight excluding hydrogens is 365 g/mol. The number of sulfonamides is 1. The van der Waals surface area contributed by atoms with Crippen LogP contribution in [0.2, 0.25) is 0 Å². The maximum atomic E-state index is 13.9. The molecule has 1 aliphatic carbocycles. The molecule has 2 aromatic carbocycles. The predicted octanol–water partition coefficient (Wildman–Crippen LogP) is 2.58. The molecular formula is C17H18FNO4S2. The monoisotopic (exact) mass is 383 g/mol. The topological polar surface area (TPSA) is 71.5 Å². The zero-order valence-electron chi connectivity index (χ0n) is 13.6. The molecule has 1 saturated carbocycles. The second kappa shape index (κ2) is 6.51. The minimum Gasteiger partial charge on any atom is -0.224 e. The summed E-state index contributed by atoms with van der Waals surface area (Å²) in [6, 6.07) is 11.0. The summed E-state index contributed by atoms with van der Waals surface area (Å²) in [7, 11) is -7.24. The van der Waals surface area contributed by atoms with E-state index >= 15 is 0 Å². The van der Waals surface area contributed by atoms with Gasteiger partial charge >= 0.3 is 0 Å². The third kappa shape index (κ3) is 3.91. The van der Waals surface area contributed by atoms with E-state index < -0.39 is 25.7 Å². The van der Waals surface area contributed by atoms with Crippen LogP contribution in [0.4, 0.5) is 4.39 Å². The number of nitrogens with zero attached hydrogens (tertiary/aromatic N) is 1. The highest BCUT2D eigenvalue weighted by atomic mass is 32.2. The number of benzene rings is 2. The lowest BCUT2D eigenvalue weighted by Crippen LogP contribution is -2.33. The molecule has 0 spiro atoms. The molecule has 3 rings (SSSR count). The fourth-order valence-corrected chi connectivity index (χ4v) is 4.86. The summed E-state index contributed by atoms with van der Waals surface area (Å²) < 4.78 is 64.1. The summed E-state index contributed by atoms with van der Waals surface area (Å²) in [5.41, 5.74) is 0.311. The van der Waals surface area contributed by atoms with Crippen molar-refractivity contribution in [2.45, 2.75) is 35.2 Å². The molecule has 0 aromatic heterocycles. The van der Waals surface area contributed by atoms with Crippen molar-refractivity contribution in [3.63, 3.8) is 0 Å². The number of rotatable bonds is 6. The SMILES string of the molecule is CS(=O)(=O)c1ccc(S(=O)(=O)N(Cc2ccccc2F)C2CC2)cc1. The van der Waals surface area contributed by atoms with Crippen LogP contribution in [0.1, 0.15) is 18.4 Å². The highest BCUT2D eigenvalue weighted by Gasteiger charge is 2.38. The molecule has 1 aliphatic rings. The van der Waals surface area contributed by atoms with Gasteiger partial charge in [-0.25, -0.2) is 21.2 Å². The van der Waals surface area contributed by atoms with E-state index in [9.17, 15) is 21.2 Å². The van der Waals surface area contributed by atoms with E-state index in [4.69, 9.17) is 0 Å². The molecule has 0 atom stereocenters. The lowest BCUT2D eigenvalue weighted by atomic mass is 10.2. The van der Waals surface area contributed by atoms with Crippen LogP contribution in [0.25, 0.3) is 0 Å². The number of halogens is 1. The van der Waals surface area contributed by atoms with Crippen molar-refractivity contribution in [2.24, 2.45) is 0 Å². The Morgan fingerprint density at radius 3 is 2.04 bits per heavy atom. The van der Waals surface area contributed by atoms with Crippen LogP contribution in [0.5, 0.6) is 0 Å². The van der Waals surface area contributed by atoms with Gasteiger partial charge in [-0.05, 0) is 43.2 Å². The lowest BCUT2D eigenvalue weighted by Gasteiger charge is -2.22. The van der Waals surface area contributed by atoms with E-state index in [0.29, 0.717) is 5.56 Å². The van der Waals surface area contributed by atoms with Gasteiger partial charge in [0.25, 0.3) is 0 Å². The van der Waals surface area contributed by atoms with Crippen LogP contribution in [0.3, 0.4) is 0 Å². The van der Waals surface area contributed by atoms with E-state index in [1.807, 2.05) is 0 Å². The molecule has 0 N–H and O–H groups in total. The Balaban J connectivity index is 1.94. The molecule has 25 heavy (non-hydrogen) atoms.